The fourth-order valence-electron chi connectivity index (χ4n) is 2.12. The molecular formula is C16H29IN4O. The lowest BCUT2D eigenvalue weighted by atomic mass is 9.94. The minimum Gasteiger partial charge on any atom is -0.443 e. The van der Waals surface area contributed by atoms with Crippen LogP contribution in [0.5, 0.6) is 0 Å². The third-order valence-electron chi connectivity index (χ3n) is 3.70. The maximum Gasteiger partial charge on any atom is 0.213 e. The number of nitrogens with zero attached hydrogens (tertiary/aromatic N) is 2. The maximum atomic E-state index is 5.75. The quantitative estimate of drug-likeness (QED) is 0.320. The molecule has 0 bridgehead atoms. The van der Waals surface area contributed by atoms with Gasteiger partial charge in [0, 0.05) is 19.0 Å². The Balaban J connectivity index is 0.00000242. The topological polar surface area (TPSA) is 62.5 Å². The highest BCUT2D eigenvalue weighted by molar-refractivity contribution is 14.0. The summed E-state index contributed by atoms with van der Waals surface area (Å²) in [6.07, 6.45) is 7.19. The Labute approximate surface area is 150 Å². The van der Waals surface area contributed by atoms with E-state index in [4.69, 9.17) is 4.42 Å². The van der Waals surface area contributed by atoms with Gasteiger partial charge in [-0.1, -0.05) is 33.6 Å². The first-order chi connectivity index (χ1) is 9.99. The maximum absolute atomic E-state index is 5.75. The van der Waals surface area contributed by atoms with Gasteiger partial charge in [0.2, 0.25) is 5.89 Å². The van der Waals surface area contributed by atoms with Crippen LogP contribution < -0.4 is 10.6 Å². The molecule has 0 amide bonds. The zero-order chi connectivity index (χ0) is 15.3. The summed E-state index contributed by atoms with van der Waals surface area (Å²) in [5.41, 5.74) is -0.00597. The highest BCUT2D eigenvalue weighted by atomic mass is 127. The summed E-state index contributed by atoms with van der Waals surface area (Å²) in [5, 5.41) is 6.57. The summed E-state index contributed by atoms with van der Waals surface area (Å²) < 4.78 is 5.75. The van der Waals surface area contributed by atoms with Gasteiger partial charge in [0.15, 0.2) is 5.96 Å². The molecule has 0 atom stereocenters. The Morgan fingerprint density at radius 2 is 2.09 bits per heavy atom. The van der Waals surface area contributed by atoms with Gasteiger partial charge in [0.25, 0.3) is 0 Å². The van der Waals surface area contributed by atoms with Gasteiger partial charge < -0.3 is 15.1 Å². The molecule has 2 N–H and O–H groups in total. The molecule has 0 spiro atoms. The van der Waals surface area contributed by atoms with E-state index in [1.165, 1.54) is 25.7 Å². The van der Waals surface area contributed by atoms with Crippen LogP contribution in [-0.4, -0.2) is 24.5 Å². The van der Waals surface area contributed by atoms with Crippen LogP contribution in [0.15, 0.2) is 15.6 Å². The molecule has 1 aliphatic carbocycles. The summed E-state index contributed by atoms with van der Waals surface area (Å²) in [7, 11) is 1.78. The van der Waals surface area contributed by atoms with Crippen LogP contribution in [0.3, 0.4) is 0 Å². The van der Waals surface area contributed by atoms with E-state index in [9.17, 15) is 0 Å². The van der Waals surface area contributed by atoms with Gasteiger partial charge in [-0.15, -0.1) is 24.0 Å². The molecule has 5 nitrogen and oxygen atoms in total. The lowest BCUT2D eigenvalue weighted by Crippen LogP contribution is -2.37. The normalized spacial score (nSPS) is 15.4. The van der Waals surface area contributed by atoms with Gasteiger partial charge >= 0.3 is 0 Å². The monoisotopic (exact) mass is 420 g/mol. The summed E-state index contributed by atoms with van der Waals surface area (Å²) in [6, 6.07) is 0. The Morgan fingerprint density at radius 3 is 2.64 bits per heavy atom. The Hall–Kier alpha value is -0.790. The second kappa shape index (κ2) is 8.74. The molecule has 22 heavy (non-hydrogen) atoms. The molecule has 1 aliphatic rings. The van der Waals surface area contributed by atoms with Crippen molar-refractivity contribution in [1.82, 2.24) is 15.6 Å². The third-order valence-corrected chi connectivity index (χ3v) is 3.70. The van der Waals surface area contributed by atoms with Crippen molar-refractivity contribution in [2.45, 2.75) is 58.4 Å². The molecule has 1 fully saturated rings. The predicted molar refractivity (Wildman–Crippen MR) is 101 cm³/mol. The number of guanidine groups is 1. The van der Waals surface area contributed by atoms with Crippen molar-refractivity contribution in [1.29, 1.82) is 0 Å². The lowest BCUT2D eigenvalue weighted by Gasteiger charge is -2.13. The minimum absolute atomic E-state index is 0. The molecule has 0 aliphatic heterocycles. The van der Waals surface area contributed by atoms with Gasteiger partial charge in [-0.2, -0.15) is 0 Å². The number of hydrogen-bond donors (Lipinski definition) is 2. The van der Waals surface area contributed by atoms with Crippen molar-refractivity contribution in [3.63, 3.8) is 0 Å². The zero-order valence-electron chi connectivity index (χ0n) is 14.1. The van der Waals surface area contributed by atoms with Crippen molar-refractivity contribution in [3.05, 3.63) is 17.8 Å². The molecule has 2 rings (SSSR count). The molecule has 126 valence electrons. The van der Waals surface area contributed by atoms with Gasteiger partial charge in [0.05, 0.1) is 12.7 Å². The summed E-state index contributed by atoms with van der Waals surface area (Å²) in [6.45, 7) is 7.87. The van der Waals surface area contributed by atoms with Crippen LogP contribution in [0.25, 0.3) is 0 Å². The van der Waals surface area contributed by atoms with Gasteiger partial charge in [0.1, 0.15) is 5.76 Å². The van der Waals surface area contributed by atoms with E-state index in [2.05, 4.69) is 41.4 Å². The van der Waals surface area contributed by atoms with Crippen LogP contribution in [0.2, 0.25) is 0 Å². The zero-order valence-corrected chi connectivity index (χ0v) is 16.4. The van der Waals surface area contributed by atoms with Crippen molar-refractivity contribution >= 4 is 29.9 Å². The van der Waals surface area contributed by atoms with Gasteiger partial charge in [-0.3, -0.25) is 4.99 Å². The van der Waals surface area contributed by atoms with Gasteiger partial charge in [-0.25, -0.2) is 4.98 Å². The molecule has 6 heteroatoms. The molecule has 0 radical (unpaired) electrons. The molecule has 0 aromatic carbocycles. The lowest BCUT2D eigenvalue weighted by molar-refractivity contribution is 0.379. The second-order valence-electron chi connectivity index (χ2n) is 6.81. The van der Waals surface area contributed by atoms with Gasteiger partial charge in [-0.05, 0) is 18.8 Å². The standard InChI is InChI=1S/C16H28N4O.HI/c1-16(2,3)13-10-19-14(21-13)11-20-15(17-4)18-9-5-6-12-7-8-12;/h10,12H,5-9,11H2,1-4H3,(H2,17,18,20);1H. The number of aliphatic imine (C=N–C) groups is 1. The first kappa shape index (κ1) is 19.3. The van der Waals surface area contributed by atoms with Crippen molar-refractivity contribution < 1.29 is 4.42 Å². The molecule has 1 aromatic rings. The van der Waals surface area contributed by atoms with E-state index in [1.807, 2.05) is 6.20 Å². The second-order valence-corrected chi connectivity index (χ2v) is 6.81. The SMILES string of the molecule is CN=C(NCCCC1CC1)NCc1ncc(C(C)(C)C)o1.I. The first-order valence-electron chi connectivity index (χ1n) is 7.88. The number of halogens is 1. The highest BCUT2D eigenvalue weighted by Crippen LogP contribution is 2.33. The van der Waals surface area contributed by atoms with Crippen molar-refractivity contribution in [2.24, 2.45) is 10.9 Å². The summed E-state index contributed by atoms with van der Waals surface area (Å²) in [4.78, 5) is 8.52. The molecule has 0 unspecified atom stereocenters. The van der Waals surface area contributed by atoms with E-state index in [1.54, 1.807) is 7.05 Å². The molecule has 1 heterocycles. The largest absolute Gasteiger partial charge is 0.443 e. The van der Waals surface area contributed by atoms with E-state index in [-0.39, 0.29) is 29.4 Å². The Kier molecular flexibility index (Phi) is 7.65. The third kappa shape index (κ3) is 6.54. The number of rotatable bonds is 6. The molecular weight excluding hydrogens is 391 g/mol. The van der Waals surface area contributed by atoms with Crippen molar-refractivity contribution in [3.8, 4) is 0 Å². The average molecular weight is 420 g/mol. The smallest absolute Gasteiger partial charge is 0.213 e. The van der Waals surface area contributed by atoms with Crippen LogP contribution in [-0.2, 0) is 12.0 Å². The number of hydrogen-bond acceptors (Lipinski definition) is 3. The Bertz CT molecular complexity index is 475. The predicted octanol–water partition coefficient (Wildman–Crippen LogP) is 3.45. The molecule has 1 aromatic heterocycles. The number of oxazole rings is 1. The number of nitrogens with one attached hydrogen (secondary N) is 2. The van der Waals surface area contributed by atoms with Crippen LogP contribution in [0, 0.1) is 5.92 Å². The highest BCUT2D eigenvalue weighted by Gasteiger charge is 2.20. The van der Waals surface area contributed by atoms with Crippen LogP contribution in [0.4, 0.5) is 0 Å². The van der Waals surface area contributed by atoms with E-state index in [0.717, 1.165) is 24.2 Å². The minimum atomic E-state index is -0.00597. The molecule has 0 saturated heterocycles. The molecule has 1 saturated carbocycles. The van der Waals surface area contributed by atoms with E-state index >= 15 is 0 Å². The fourth-order valence-corrected chi connectivity index (χ4v) is 2.12. The van der Waals surface area contributed by atoms with E-state index in [0.29, 0.717) is 12.4 Å². The van der Waals surface area contributed by atoms with Crippen LogP contribution >= 0.6 is 24.0 Å². The fraction of sp³-hybridized carbons (Fsp3) is 0.750. The van der Waals surface area contributed by atoms with E-state index < -0.39 is 0 Å². The van der Waals surface area contributed by atoms with Crippen molar-refractivity contribution in [2.75, 3.05) is 13.6 Å². The average Bonchev–Trinajstić information content (AvgIpc) is 3.12. The van der Waals surface area contributed by atoms with Crippen LogP contribution in [0.1, 0.15) is 58.1 Å². The number of aromatic nitrogens is 1. The summed E-state index contributed by atoms with van der Waals surface area (Å²) >= 11 is 0. The summed E-state index contributed by atoms with van der Waals surface area (Å²) in [5.74, 6) is 3.40. The Morgan fingerprint density at radius 1 is 1.36 bits per heavy atom. The first-order valence-corrected chi connectivity index (χ1v) is 7.88.